The van der Waals surface area contributed by atoms with Crippen molar-refractivity contribution in [3.05, 3.63) is 54.1 Å². The Morgan fingerprint density at radius 1 is 0.952 bits per heavy atom. The highest BCUT2D eigenvalue weighted by Gasteiger charge is 2.14. The molecule has 1 aromatic heterocycles. The number of halogens is 2. The van der Waals surface area contributed by atoms with Crippen LogP contribution < -0.4 is 4.74 Å². The summed E-state index contributed by atoms with van der Waals surface area (Å²) in [4.78, 5) is 0. The van der Waals surface area contributed by atoms with Gasteiger partial charge in [0.2, 0.25) is 5.89 Å². The lowest BCUT2D eigenvalue weighted by Gasteiger charge is -2.01. The van der Waals surface area contributed by atoms with E-state index in [0.717, 1.165) is 0 Å². The SMILES string of the molecule is COc1ccc(-c2nnc(-c3ccc(F)cc3)o2)c(F)c1. The second-order valence-corrected chi connectivity index (χ2v) is 4.27. The molecule has 2 aromatic carbocycles. The predicted octanol–water partition coefficient (Wildman–Crippen LogP) is 3.69. The van der Waals surface area contributed by atoms with E-state index < -0.39 is 5.82 Å². The minimum atomic E-state index is -0.524. The molecule has 0 amide bonds. The predicted molar refractivity (Wildman–Crippen MR) is 71.6 cm³/mol. The normalized spacial score (nSPS) is 10.6. The molecule has 0 saturated carbocycles. The van der Waals surface area contributed by atoms with Crippen LogP contribution in [-0.4, -0.2) is 17.3 Å². The van der Waals surface area contributed by atoms with E-state index in [1.54, 1.807) is 6.07 Å². The van der Waals surface area contributed by atoms with Gasteiger partial charge >= 0.3 is 0 Å². The van der Waals surface area contributed by atoms with Gasteiger partial charge in [-0.05, 0) is 36.4 Å². The molecule has 0 aliphatic carbocycles. The number of methoxy groups -OCH3 is 1. The average molecular weight is 288 g/mol. The van der Waals surface area contributed by atoms with Crippen LogP contribution in [0.1, 0.15) is 0 Å². The Balaban J connectivity index is 1.96. The summed E-state index contributed by atoms with van der Waals surface area (Å²) in [5.41, 5.74) is 0.737. The lowest BCUT2D eigenvalue weighted by molar-refractivity contribution is 0.411. The Bertz CT molecular complexity index is 770. The molecule has 0 atom stereocenters. The van der Waals surface area contributed by atoms with Gasteiger partial charge in [-0.15, -0.1) is 10.2 Å². The molecule has 3 aromatic rings. The van der Waals surface area contributed by atoms with E-state index in [-0.39, 0.29) is 23.2 Å². The summed E-state index contributed by atoms with van der Waals surface area (Å²) in [6.07, 6.45) is 0. The fourth-order valence-electron chi connectivity index (χ4n) is 1.84. The van der Waals surface area contributed by atoms with E-state index in [0.29, 0.717) is 11.3 Å². The summed E-state index contributed by atoms with van der Waals surface area (Å²) >= 11 is 0. The number of nitrogens with zero attached hydrogens (tertiary/aromatic N) is 2. The van der Waals surface area contributed by atoms with E-state index in [1.165, 1.54) is 43.5 Å². The van der Waals surface area contributed by atoms with Crippen LogP contribution in [0.4, 0.5) is 8.78 Å². The molecule has 1 heterocycles. The average Bonchev–Trinajstić information content (AvgIpc) is 2.97. The van der Waals surface area contributed by atoms with Crippen molar-refractivity contribution in [2.24, 2.45) is 0 Å². The van der Waals surface area contributed by atoms with E-state index in [2.05, 4.69) is 10.2 Å². The maximum absolute atomic E-state index is 13.9. The summed E-state index contributed by atoms with van der Waals surface area (Å²) in [6, 6.07) is 9.92. The van der Waals surface area contributed by atoms with Crippen molar-refractivity contribution in [3.8, 4) is 28.7 Å². The van der Waals surface area contributed by atoms with Gasteiger partial charge in [0.15, 0.2) is 0 Å². The zero-order valence-electron chi connectivity index (χ0n) is 11.0. The monoisotopic (exact) mass is 288 g/mol. The van der Waals surface area contributed by atoms with Crippen LogP contribution in [0, 0.1) is 11.6 Å². The maximum Gasteiger partial charge on any atom is 0.251 e. The molecule has 0 bridgehead atoms. The van der Waals surface area contributed by atoms with Crippen LogP contribution in [0.5, 0.6) is 5.75 Å². The standard InChI is InChI=1S/C15H10F2N2O2/c1-20-11-6-7-12(13(17)8-11)15-19-18-14(21-15)9-2-4-10(16)5-3-9/h2-8H,1H3. The first kappa shape index (κ1) is 13.2. The second-order valence-electron chi connectivity index (χ2n) is 4.27. The molecule has 0 aliphatic rings. The van der Waals surface area contributed by atoms with Crippen molar-refractivity contribution in [1.29, 1.82) is 0 Å². The smallest absolute Gasteiger partial charge is 0.251 e. The van der Waals surface area contributed by atoms with Gasteiger partial charge in [0, 0.05) is 11.6 Å². The minimum Gasteiger partial charge on any atom is -0.497 e. The maximum atomic E-state index is 13.9. The van der Waals surface area contributed by atoms with Crippen LogP contribution in [-0.2, 0) is 0 Å². The first-order valence-electron chi connectivity index (χ1n) is 6.11. The summed E-state index contributed by atoms with van der Waals surface area (Å²) in [5, 5.41) is 7.65. The lowest BCUT2D eigenvalue weighted by atomic mass is 10.2. The summed E-state index contributed by atoms with van der Waals surface area (Å²) < 4.78 is 37.2. The topological polar surface area (TPSA) is 48.2 Å². The van der Waals surface area contributed by atoms with Crippen molar-refractivity contribution in [2.45, 2.75) is 0 Å². The molecule has 0 saturated heterocycles. The van der Waals surface area contributed by atoms with Crippen molar-refractivity contribution in [2.75, 3.05) is 7.11 Å². The third-order valence-electron chi connectivity index (χ3n) is 2.92. The molecule has 0 unspecified atom stereocenters. The Kier molecular flexibility index (Phi) is 3.35. The lowest BCUT2D eigenvalue weighted by Crippen LogP contribution is -1.88. The Morgan fingerprint density at radius 3 is 2.33 bits per heavy atom. The molecule has 21 heavy (non-hydrogen) atoms. The first-order chi connectivity index (χ1) is 10.2. The highest BCUT2D eigenvalue weighted by Crippen LogP contribution is 2.27. The van der Waals surface area contributed by atoms with Gasteiger partial charge in [-0.25, -0.2) is 8.78 Å². The van der Waals surface area contributed by atoms with Gasteiger partial charge in [0.1, 0.15) is 17.4 Å². The van der Waals surface area contributed by atoms with E-state index in [1.807, 2.05) is 0 Å². The Hall–Kier alpha value is -2.76. The summed E-state index contributed by atoms with van der Waals surface area (Å²) in [5.74, 6) is -0.243. The van der Waals surface area contributed by atoms with Gasteiger partial charge in [-0.1, -0.05) is 0 Å². The molecule has 0 fully saturated rings. The van der Waals surface area contributed by atoms with Crippen molar-refractivity contribution < 1.29 is 17.9 Å². The Morgan fingerprint density at radius 2 is 1.67 bits per heavy atom. The molecular weight excluding hydrogens is 278 g/mol. The van der Waals surface area contributed by atoms with Crippen molar-refractivity contribution in [3.63, 3.8) is 0 Å². The van der Waals surface area contributed by atoms with Gasteiger partial charge < -0.3 is 9.15 Å². The number of benzene rings is 2. The quantitative estimate of drug-likeness (QED) is 0.737. The van der Waals surface area contributed by atoms with Gasteiger partial charge in [-0.2, -0.15) is 0 Å². The van der Waals surface area contributed by atoms with E-state index in [4.69, 9.17) is 9.15 Å². The molecule has 3 rings (SSSR count). The zero-order valence-corrected chi connectivity index (χ0v) is 11.0. The largest absolute Gasteiger partial charge is 0.497 e. The fraction of sp³-hybridized carbons (Fsp3) is 0.0667. The Labute approximate surface area is 119 Å². The number of aromatic nitrogens is 2. The van der Waals surface area contributed by atoms with Gasteiger partial charge in [-0.3, -0.25) is 0 Å². The number of hydrogen-bond acceptors (Lipinski definition) is 4. The molecule has 0 N–H and O–H groups in total. The number of hydrogen-bond donors (Lipinski definition) is 0. The third kappa shape index (κ3) is 2.60. The highest BCUT2D eigenvalue weighted by molar-refractivity contribution is 5.59. The number of ether oxygens (including phenoxy) is 1. The molecule has 6 heteroatoms. The fourth-order valence-corrected chi connectivity index (χ4v) is 1.84. The van der Waals surface area contributed by atoms with Gasteiger partial charge in [0.05, 0.1) is 12.7 Å². The molecule has 0 spiro atoms. The van der Waals surface area contributed by atoms with Crippen LogP contribution in [0.15, 0.2) is 46.9 Å². The van der Waals surface area contributed by atoms with Crippen molar-refractivity contribution in [1.82, 2.24) is 10.2 Å². The molecule has 0 radical (unpaired) electrons. The number of rotatable bonds is 3. The first-order valence-corrected chi connectivity index (χ1v) is 6.11. The summed E-state index contributed by atoms with van der Waals surface area (Å²) in [6.45, 7) is 0. The second kappa shape index (κ2) is 5.32. The molecule has 106 valence electrons. The minimum absolute atomic E-state index is 0.0504. The highest BCUT2D eigenvalue weighted by atomic mass is 19.1. The zero-order chi connectivity index (χ0) is 14.8. The van der Waals surface area contributed by atoms with Crippen LogP contribution in [0.3, 0.4) is 0 Å². The van der Waals surface area contributed by atoms with Gasteiger partial charge in [0.25, 0.3) is 5.89 Å². The summed E-state index contributed by atoms with van der Waals surface area (Å²) in [7, 11) is 1.45. The molecular formula is C15H10F2N2O2. The third-order valence-corrected chi connectivity index (χ3v) is 2.92. The van der Waals surface area contributed by atoms with Crippen molar-refractivity contribution >= 4 is 0 Å². The van der Waals surface area contributed by atoms with Crippen LogP contribution in [0.25, 0.3) is 22.9 Å². The van der Waals surface area contributed by atoms with Crippen LogP contribution in [0.2, 0.25) is 0 Å². The van der Waals surface area contributed by atoms with E-state index in [9.17, 15) is 8.78 Å². The van der Waals surface area contributed by atoms with E-state index >= 15 is 0 Å². The molecule has 0 aliphatic heterocycles. The van der Waals surface area contributed by atoms with Crippen LogP contribution >= 0.6 is 0 Å². The molecule has 4 nitrogen and oxygen atoms in total.